The van der Waals surface area contributed by atoms with Crippen LogP contribution in [0.2, 0.25) is 0 Å². The molecule has 1 fully saturated rings. The molecule has 0 aliphatic carbocycles. The van der Waals surface area contributed by atoms with Gasteiger partial charge < -0.3 is 19.8 Å². The van der Waals surface area contributed by atoms with Gasteiger partial charge in [0.2, 0.25) is 0 Å². The molecule has 0 spiro atoms. The maximum absolute atomic E-state index is 13.8. The topological polar surface area (TPSA) is 82.9 Å². The van der Waals surface area contributed by atoms with Gasteiger partial charge in [0.25, 0.3) is 0 Å². The smallest absolute Gasteiger partial charge is 0.308 e. The Balaban J connectivity index is 1.29. The standard InChI is InChI=1S/C28H32F2N2O4S/c1-36-20-5-7-25-22(16-20)21(9-11-31-25)26(33)8-3-18-10-13-32(17-23(18)28(34)35)12-2-14-37-27-15-19(29)4-6-24(27)30/h4-7,9,11,15-16,18,23,26,33H,2-3,8,10,12-14,17H2,1H3,(H,34,35)/t18-,23+,26-/m1/s1. The molecule has 2 aromatic carbocycles. The fraction of sp³-hybridized carbons (Fsp3) is 0.429. The molecule has 9 heteroatoms. The number of carboxylic acids is 1. The summed E-state index contributed by atoms with van der Waals surface area (Å²) >= 11 is 1.27. The lowest BCUT2D eigenvalue weighted by atomic mass is 9.81. The van der Waals surface area contributed by atoms with Crippen LogP contribution in [0, 0.1) is 23.5 Å². The molecule has 6 nitrogen and oxygen atoms in total. The van der Waals surface area contributed by atoms with Crippen LogP contribution in [0.15, 0.2) is 53.6 Å². The lowest BCUT2D eigenvalue weighted by Crippen LogP contribution is -2.44. The molecule has 3 atom stereocenters. The van der Waals surface area contributed by atoms with E-state index in [1.54, 1.807) is 19.4 Å². The molecule has 1 aromatic heterocycles. The molecule has 0 amide bonds. The first-order valence-corrected chi connectivity index (χ1v) is 13.5. The number of rotatable bonds is 11. The lowest BCUT2D eigenvalue weighted by molar-refractivity contribution is -0.146. The number of fused-ring (bicyclic) bond motifs is 1. The molecule has 37 heavy (non-hydrogen) atoms. The Hall–Kier alpha value is -2.75. The minimum absolute atomic E-state index is 0.0261. The van der Waals surface area contributed by atoms with Crippen LogP contribution < -0.4 is 4.74 Å². The van der Waals surface area contributed by atoms with Gasteiger partial charge >= 0.3 is 5.97 Å². The summed E-state index contributed by atoms with van der Waals surface area (Å²) in [6.45, 7) is 1.93. The molecule has 4 rings (SSSR count). The van der Waals surface area contributed by atoms with Crippen molar-refractivity contribution in [3.8, 4) is 5.75 Å². The summed E-state index contributed by atoms with van der Waals surface area (Å²) in [4.78, 5) is 18.9. The summed E-state index contributed by atoms with van der Waals surface area (Å²) in [5.74, 6) is -0.942. The highest BCUT2D eigenvalue weighted by atomic mass is 32.2. The van der Waals surface area contributed by atoms with Crippen molar-refractivity contribution in [3.63, 3.8) is 0 Å². The largest absolute Gasteiger partial charge is 0.497 e. The minimum Gasteiger partial charge on any atom is -0.497 e. The molecular formula is C28H32F2N2O4S. The van der Waals surface area contributed by atoms with E-state index in [9.17, 15) is 23.8 Å². The molecule has 0 unspecified atom stereocenters. The first-order valence-electron chi connectivity index (χ1n) is 12.5. The molecule has 198 valence electrons. The van der Waals surface area contributed by atoms with Crippen LogP contribution >= 0.6 is 11.8 Å². The maximum Gasteiger partial charge on any atom is 0.308 e. The van der Waals surface area contributed by atoms with Crippen molar-refractivity contribution >= 4 is 28.6 Å². The number of aliphatic hydroxyl groups excluding tert-OH is 1. The van der Waals surface area contributed by atoms with Crippen molar-refractivity contribution in [2.24, 2.45) is 11.8 Å². The van der Waals surface area contributed by atoms with Crippen LogP contribution in [0.5, 0.6) is 5.75 Å². The normalized spacial score (nSPS) is 19.1. The number of pyridine rings is 1. The summed E-state index contributed by atoms with van der Waals surface area (Å²) in [5.41, 5.74) is 1.54. The monoisotopic (exact) mass is 530 g/mol. The first-order chi connectivity index (χ1) is 17.9. The number of aliphatic hydroxyl groups is 1. The molecule has 3 aromatic rings. The van der Waals surface area contributed by atoms with Crippen LogP contribution in [-0.4, -0.2) is 58.6 Å². The van der Waals surface area contributed by atoms with E-state index in [2.05, 4.69) is 9.88 Å². The zero-order valence-corrected chi connectivity index (χ0v) is 21.6. The van der Waals surface area contributed by atoms with Gasteiger partial charge in [0.1, 0.15) is 17.4 Å². The fourth-order valence-corrected chi connectivity index (χ4v) is 5.94. The highest BCUT2D eigenvalue weighted by Crippen LogP contribution is 2.34. The van der Waals surface area contributed by atoms with Crippen molar-refractivity contribution in [1.82, 2.24) is 9.88 Å². The van der Waals surface area contributed by atoms with Gasteiger partial charge in [-0.25, -0.2) is 8.78 Å². The quantitative estimate of drug-likeness (QED) is 0.249. The summed E-state index contributed by atoms with van der Waals surface area (Å²) in [7, 11) is 1.59. The van der Waals surface area contributed by atoms with Gasteiger partial charge in [0, 0.05) is 23.0 Å². The van der Waals surface area contributed by atoms with Gasteiger partial charge in [-0.2, -0.15) is 0 Å². The number of carboxylic acid groups (broad SMARTS) is 1. The van der Waals surface area contributed by atoms with E-state index in [0.717, 1.165) is 48.0 Å². The Morgan fingerprint density at radius 3 is 2.86 bits per heavy atom. The van der Waals surface area contributed by atoms with E-state index in [0.29, 0.717) is 42.3 Å². The van der Waals surface area contributed by atoms with Gasteiger partial charge in [-0.05, 0) is 98.5 Å². The first kappa shape index (κ1) is 27.3. The Labute approximate surface area is 219 Å². The highest BCUT2D eigenvalue weighted by molar-refractivity contribution is 7.99. The van der Waals surface area contributed by atoms with Crippen LogP contribution in [0.1, 0.15) is 37.4 Å². The Kier molecular flexibility index (Phi) is 9.34. The molecule has 1 aliphatic rings. The average molecular weight is 531 g/mol. The number of likely N-dealkylation sites (tertiary alicyclic amines) is 1. The molecule has 0 bridgehead atoms. The predicted molar refractivity (Wildman–Crippen MR) is 140 cm³/mol. The van der Waals surface area contributed by atoms with Gasteiger partial charge in [-0.1, -0.05) is 0 Å². The van der Waals surface area contributed by atoms with Crippen LogP contribution in [0.4, 0.5) is 8.78 Å². The maximum atomic E-state index is 13.8. The lowest BCUT2D eigenvalue weighted by Gasteiger charge is -2.37. The molecule has 0 radical (unpaired) electrons. The summed E-state index contributed by atoms with van der Waals surface area (Å²) in [5, 5.41) is 21.7. The number of nitrogens with zero attached hydrogens (tertiary/aromatic N) is 2. The molecule has 2 heterocycles. The van der Waals surface area contributed by atoms with Crippen LogP contribution in [-0.2, 0) is 4.79 Å². The van der Waals surface area contributed by atoms with Crippen molar-refractivity contribution in [1.29, 1.82) is 0 Å². The third-order valence-electron chi connectivity index (χ3n) is 7.08. The summed E-state index contributed by atoms with van der Waals surface area (Å²) < 4.78 is 32.5. The number of ether oxygens (including phenoxy) is 1. The molecule has 0 saturated carbocycles. The Bertz CT molecular complexity index is 1230. The third-order valence-corrected chi connectivity index (χ3v) is 8.20. The van der Waals surface area contributed by atoms with E-state index in [1.165, 1.54) is 17.8 Å². The molecule has 1 aliphatic heterocycles. The predicted octanol–water partition coefficient (Wildman–Crippen LogP) is 5.54. The van der Waals surface area contributed by atoms with Gasteiger partial charge in [-0.15, -0.1) is 11.8 Å². The minimum atomic E-state index is -0.820. The number of carbonyl (C=O) groups is 1. The molecule has 2 N–H and O–H groups in total. The average Bonchev–Trinajstić information content (AvgIpc) is 2.91. The number of thioether (sulfide) groups is 1. The number of hydrogen-bond acceptors (Lipinski definition) is 6. The number of benzene rings is 2. The van der Waals surface area contributed by atoms with E-state index in [4.69, 9.17) is 4.74 Å². The Morgan fingerprint density at radius 2 is 2.08 bits per heavy atom. The van der Waals surface area contributed by atoms with Crippen molar-refractivity contribution in [2.45, 2.75) is 36.7 Å². The number of aromatic nitrogens is 1. The molecular weight excluding hydrogens is 498 g/mol. The summed E-state index contributed by atoms with van der Waals surface area (Å²) in [6, 6.07) is 10.8. The zero-order chi connectivity index (χ0) is 26.4. The van der Waals surface area contributed by atoms with E-state index in [1.807, 2.05) is 18.2 Å². The number of aliphatic carboxylic acids is 1. The number of piperidine rings is 1. The van der Waals surface area contributed by atoms with E-state index < -0.39 is 29.6 Å². The van der Waals surface area contributed by atoms with Crippen LogP contribution in [0.25, 0.3) is 10.9 Å². The van der Waals surface area contributed by atoms with Gasteiger partial charge in [-0.3, -0.25) is 9.78 Å². The fourth-order valence-electron chi connectivity index (χ4n) is 5.05. The number of hydrogen-bond donors (Lipinski definition) is 2. The zero-order valence-electron chi connectivity index (χ0n) is 20.8. The third kappa shape index (κ3) is 6.97. The highest BCUT2D eigenvalue weighted by Gasteiger charge is 2.34. The van der Waals surface area contributed by atoms with Crippen molar-refractivity contribution in [2.75, 3.05) is 32.5 Å². The summed E-state index contributed by atoms with van der Waals surface area (Å²) in [6.07, 6.45) is 3.49. The van der Waals surface area contributed by atoms with Crippen molar-refractivity contribution in [3.05, 3.63) is 65.9 Å². The van der Waals surface area contributed by atoms with E-state index >= 15 is 0 Å². The second-order valence-corrected chi connectivity index (χ2v) is 10.6. The number of methoxy groups -OCH3 is 1. The van der Waals surface area contributed by atoms with Crippen molar-refractivity contribution < 1.29 is 28.5 Å². The molecule has 1 saturated heterocycles. The number of halogens is 2. The van der Waals surface area contributed by atoms with E-state index in [-0.39, 0.29) is 5.92 Å². The van der Waals surface area contributed by atoms with Crippen LogP contribution in [0.3, 0.4) is 0 Å². The SMILES string of the molecule is COc1ccc2nccc([C@H](O)CC[C@@H]3CCN(CCCSc4cc(F)ccc4F)C[C@@H]3C(=O)O)c2c1. The second kappa shape index (κ2) is 12.7. The second-order valence-electron chi connectivity index (χ2n) is 9.45. The van der Waals surface area contributed by atoms with Gasteiger partial charge in [0.05, 0.1) is 24.6 Å². The van der Waals surface area contributed by atoms with Gasteiger partial charge in [0.15, 0.2) is 0 Å². The Morgan fingerprint density at radius 1 is 1.24 bits per heavy atom.